The minimum Gasteiger partial charge on any atom is -0.384 e. The van der Waals surface area contributed by atoms with Gasteiger partial charge >= 0.3 is 5.90 Å². The second-order valence-corrected chi connectivity index (χ2v) is 10.6. The molecule has 9 heteroatoms. The molecule has 1 aromatic carbocycles. The number of aryl methyl sites for hydroxylation is 1. The Hall–Kier alpha value is -2.59. The highest BCUT2D eigenvalue weighted by atomic mass is 32.2. The predicted molar refractivity (Wildman–Crippen MR) is 131 cm³/mol. The van der Waals surface area contributed by atoms with E-state index in [-0.39, 0.29) is 17.0 Å². The molecule has 0 saturated heterocycles. The van der Waals surface area contributed by atoms with E-state index in [1.165, 1.54) is 11.3 Å². The average Bonchev–Trinajstić information content (AvgIpc) is 3.26. The largest absolute Gasteiger partial charge is 0.384 e. The summed E-state index contributed by atoms with van der Waals surface area (Å²) in [6, 6.07) is 11.5. The number of rotatable bonds is 8. The molecule has 2 aromatic heterocycles. The molecule has 1 atom stereocenters. The molecule has 0 aliphatic heterocycles. The van der Waals surface area contributed by atoms with E-state index in [0.29, 0.717) is 17.1 Å². The first-order valence-electron chi connectivity index (χ1n) is 10.3. The van der Waals surface area contributed by atoms with E-state index in [9.17, 15) is 4.55 Å². The minimum atomic E-state index is -0.800. The SMILES string of the molecule is CCNCc1ccc(C(=[NH2+])OC(=N)c2nc(-c3ccc([S+](O)C(C)C)cc3)cnc2C)s1. The highest BCUT2D eigenvalue weighted by molar-refractivity contribution is 7.92. The number of hydrogen-bond acceptors (Lipinski definition) is 7. The van der Waals surface area contributed by atoms with Gasteiger partial charge in [-0.25, -0.2) is 10.4 Å². The zero-order chi connectivity index (χ0) is 23.3. The molecule has 168 valence electrons. The Labute approximate surface area is 195 Å². The first-order chi connectivity index (χ1) is 15.3. The molecule has 1 unspecified atom stereocenters. The van der Waals surface area contributed by atoms with Crippen molar-refractivity contribution in [2.75, 3.05) is 6.54 Å². The number of aromatic nitrogens is 2. The molecular formula is C23H29N5O2S2+2. The lowest BCUT2D eigenvalue weighted by atomic mass is 10.1. The van der Waals surface area contributed by atoms with Crippen molar-refractivity contribution in [3.63, 3.8) is 0 Å². The van der Waals surface area contributed by atoms with Crippen molar-refractivity contribution >= 4 is 34.3 Å². The Balaban J connectivity index is 1.75. The van der Waals surface area contributed by atoms with Gasteiger partial charge in [0.1, 0.15) is 10.6 Å². The molecule has 0 aliphatic carbocycles. The molecule has 0 bridgehead atoms. The van der Waals surface area contributed by atoms with E-state index in [1.54, 1.807) is 13.1 Å². The van der Waals surface area contributed by atoms with E-state index >= 15 is 0 Å². The Morgan fingerprint density at radius 1 is 1.25 bits per heavy atom. The molecular weight excluding hydrogens is 442 g/mol. The van der Waals surface area contributed by atoms with E-state index in [2.05, 4.69) is 22.2 Å². The molecule has 3 aromatic rings. The summed E-state index contributed by atoms with van der Waals surface area (Å²) in [7, 11) is 0. The first kappa shape index (κ1) is 24.1. The van der Waals surface area contributed by atoms with Crippen LogP contribution in [0.15, 0.2) is 47.5 Å². The topological polar surface area (TPSA) is 117 Å². The molecule has 0 spiro atoms. The second kappa shape index (κ2) is 10.8. The van der Waals surface area contributed by atoms with Crippen molar-refractivity contribution in [3.05, 3.63) is 63.7 Å². The summed E-state index contributed by atoms with van der Waals surface area (Å²) in [6.07, 6.45) is 1.67. The van der Waals surface area contributed by atoms with Crippen LogP contribution in [-0.4, -0.2) is 38.1 Å². The van der Waals surface area contributed by atoms with Crippen molar-refractivity contribution < 1.29 is 14.7 Å². The summed E-state index contributed by atoms with van der Waals surface area (Å²) in [5.41, 5.74) is 2.39. The normalized spacial score (nSPS) is 12.1. The van der Waals surface area contributed by atoms with Crippen molar-refractivity contribution in [1.29, 1.82) is 5.41 Å². The quantitative estimate of drug-likeness (QED) is 0.229. The second-order valence-electron chi connectivity index (χ2n) is 7.42. The van der Waals surface area contributed by atoms with Gasteiger partial charge in [0.05, 0.1) is 17.6 Å². The summed E-state index contributed by atoms with van der Waals surface area (Å²) in [4.78, 5) is 11.8. The number of hydrogen-bond donors (Lipinski definition) is 4. The van der Waals surface area contributed by atoms with Crippen molar-refractivity contribution in [3.8, 4) is 11.3 Å². The number of thiophene rings is 1. The third-order valence-corrected chi connectivity index (χ3v) is 7.42. The molecule has 5 N–H and O–H groups in total. The monoisotopic (exact) mass is 471 g/mol. The molecule has 7 nitrogen and oxygen atoms in total. The fraction of sp³-hybridized carbons (Fsp3) is 0.304. The number of ether oxygens (including phenoxy) is 1. The third-order valence-electron chi connectivity index (χ3n) is 4.67. The van der Waals surface area contributed by atoms with Gasteiger partial charge in [0.25, 0.3) is 0 Å². The van der Waals surface area contributed by atoms with Crippen LogP contribution in [0.5, 0.6) is 0 Å². The van der Waals surface area contributed by atoms with Gasteiger partial charge in [0.15, 0.2) is 21.3 Å². The van der Waals surface area contributed by atoms with E-state index in [4.69, 9.17) is 15.6 Å². The van der Waals surface area contributed by atoms with Gasteiger partial charge in [-0.15, -0.1) is 11.3 Å². The standard InChI is InChI=1S/C23H28N5O2S2/c1-5-26-12-17-8-11-20(31-17)22(24)30-23(25)21-15(4)27-13-19(28-21)16-6-9-18(10-7-16)32(29)14(2)3/h6-11,13-14,24-26,29H,5,12H2,1-4H3/q+1/p+1. The van der Waals surface area contributed by atoms with Crippen LogP contribution in [0.1, 0.15) is 41.9 Å². The fourth-order valence-electron chi connectivity index (χ4n) is 2.90. The van der Waals surface area contributed by atoms with Gasteiger partial charge in [-0.2, -0.15) is 4.55 Å². The highest BCUT2D eigenvalue weighted by Crippen LogP contribution is 2.23. The zero-order valence-electron chi connectivity index (χ0n) is 18.7. The number of nitrogens with one attached hydrogen (secondary N) is 2. The molecule has 3 rings (SSSR count). The van der Waals surface area contributed by atoms with Crippen LogP contribution in [0, 0.1) is 12.3 Å². The molecule has 0 aliphatic rings. The van der Waals surface area contributed by atoms with Crippen molar-refractivity contribution in [2.45, 2.75) is 44.4 Å². The number of nitrogens with zero attached hydrogens (tertiary/aromatic N) is 2. The Morgan fingerprint density at radius 3 is 2.62 bits per heavy atom. The third kappa shape index (κ3) is 5.80. The Kier molecular flexibility index (Phi) is 8.14. The lowest BCUT2D eigenvalue weighted by molar-refractivity contribution is -0.130. The number of benzene rings is 1. The molecule has 32 heavy (non-hydrogen) atoms. The maximum Gasteiger partial charge on any atom is 0.383 e. The number of nitrogens with two attached hydrogens (primary N) is 1. The summed E-state index contributed by atoms with van der Waals surface area (Å²) >= 11 is 0.725. The molecule has 2 heterocycles. The van der Waals surface area contributed by atoms with Gasteiger partial charge in [-0.1, -0.05) is 6.92 Å². The maximum atomic E-state index is 10.3. The molecule has 0 radical (unpaired) electrons. The zero-order valence-corrected chi connectivity index (χ0v) is 20.3. The first-order valence-corrected chi connectivity index (χ1v) is 12.4. The summed E-state index contributed by atoms with van der Waals surface area (Å²) < 4.78 is 15.9. The van der Waals surface area contributed by atoms with Gasteiger partial charge in [0, 0.05) is 17.0 Å². The molecule has 0 saturated carbocycles. The Morgan fingerprint density at radius 2 is 1.97 bits per heavy atom. The maximum absolute atomic E-state index is 10.3. The smallest absolute Gasteiger partial charge is 0.383 e. The average molecular weight is 472 g/mol. The van der Waals surface area contributed by atoms with Crippen molar-refractivity contribution in [2.24, 2.45) is 0 Å². The Bertz CT molecular complexity index is 1100. The predicted octanol–water partition coefficient (Wildman–Crippen LogP) is 3.03. The van der Waals surface area contributed by atoms with Gasteiger partial charge in [0.2, 0.25) is 5.90 Å². The van der Waals surface area contributed by atoms with Crippen LogP contribution in [0.3, 0.4) is 0 Å². The van der Waals surface area contributed by atoms with Gasteiger partial charge in [-0.05, 0) is 63.7 Å². The van der Waals surface area contributed by atoms with Gasteiger partial charge < -0.3 is 10.1 Å². The molecule has 0 fully saturated rings. The van der Waals surface area contributed by atoms with Crippen LogP contribution in [-0.2, 0) is 22.5 Å². The van der Waals surface area contributed by atoms with Gasteiger partial charge in [-0.3, -0.25) is 10.4 Å². The summed E-state index contributed by atoms with van der Waals surface area (Å²) in [5, 5.41) is 17.9. The fourth-order valence-corrected chi connectivity index (χ4v) is 4.73. The summed E-state index contributed by atoms with van der Waals surface area (Å²) in [5.74, 6) is 0.0201. The summed E-state index contributed by atoms with van der Waals surface area (Å²) in [6.45, 7) is 9.48. The van der Waals surface area contributed by atoms with E-state index < -0.39 is 11.2 Å². The van der Waals surface area contributed by atoms with E-state index in [1.807, 2.05) is 50.2 Å². The van der Waals surface area contributed by atoms with Crippen LogP contribution in [0.25, 0.3) is 11.3 Å². The van der Waals surface area contributed by atoms with Crippen molar-refractivity contribution in [1.82, 2.24) is 15.3 Å². The van der Waals surface area contributed by atoms with Crippen LogP contribution in [0.2, 0.25) is 0 Å². The van der Waals surface area contributed by atoms with E-state index in [0.717, 1.165) is 33.3 Å². The lowest BCUT2D eigenvalue weighted by Gasteiger charge is -2.09. The van der Waals surface area contributed by atoms with Crippen LogP contribution >= 0.6 is 11.3 Å². The highest BCUT2D eigenvalue weighted by Gasteiger charge is 2.24. The lowest BCUT2D eigenvalue weighted by Crippen LogP contribution is -2.43. The van der Waals surface area contributed by atoms with Crippen LogP contribution in [0.4, 0.5) is 0 Å². The molecule has 0 amide bonds. The minimum absolute atomic E-state index is 0.149. The van der Waals surface area contributed by atoms with Crippen LogP contribution < -0.4 is 10.7 Å².